The number of carbonyl (C=O) groups excluding carboxylic acids is 2. The highest BCUT2D eigenvalue weighted by Gasteiger charge is 2.41. The van der Waals surface area contributed by atoms with Gasteiger partial charge in [-0.1, -0.05) is 106 Å². The standard InChI is InChI=1S/C38H34O8/c1-5-35(39)45-37(7-3,43-33-24-13-18-27-16-9-11-22-31(27)33)41-29-20-15-21-30(26-29)42-38(8-4,46-36(40)6-2)44-34-25-14-19-28-17-10-12-23-32(28)34/h5-6,9-26H,1-2,7-8H2,3-4H3. The van der Waals surface area contributed by atoms with E-state index in [1.165, 1.54) is 0 Å². The van der Waals surface area contributed by atoms with Crippen LogP contribution >= 0.6 is 0 Å². The van der Waals surface area contributed by atoms with Crippen molar-refractivity contribution in [2.75, 3.05) is 0 Å². The first-order valence-electron chi connectivity index (χ1n) is 14.8. The third-order valence-electron chi connectivity index (χ3n) is 7.09. The molecule has 0 aromatic heterocycles. The van der Waals surface area contributed by atoms with E-state index in [-0.39, 0.29) is 24.3 Å². The monoisotopic (exact) mass is 618 g/mol. The number of benzene rings is 5. The third kappa shape index (κ3) is 7.13. The van der Waals surface area contributed by atoms with E-state index in [0.29, 0.717) is 11.5 Å². The molecule has 0 bridgehead atoms. The Kier molecular flexibility index (Phi) is 9.57. The summed E-state index contributed by atoms with van der Waals surface area (Å²) in [7, 11) is 0. The van der Waals surface area contributed by atoms with Crippen LogP contribution < -0.4 is 18.9 Å². The summed E-state index contributed by atoms with van der Waals surface area (Å²) in [6.07, 6.45) is 2.30. The van der Waals surface area contributed by atoms with Crippen LogP contribution in [0, 0.1) is 0 Å². The molecule has 0 aliphatic carbocycles. The van der Waals surface area contributed by atoms with Crippen molar-refractivity contribution >= 4 is 33.5 Å². The Morgan fingerprint density at radius 2 is 0.957 bits per heavy atom. The lowest BCUT2D eigenvalue weighted by molar-refractivity contribution is -0.284. The zero-order valence-corrected chi connectivity index (χ0v) is 25.6. The zero-order valence-electron chi connectivity index (χ0n) is 25.6. The van der Waals surface area contributed by atoms with Gasteiger partial charge in [0.15, 0.2) is 0 Å². The maximum Gasteiger partial charge on any atom is 0.419 e. The van der Waals surface area contributed by atoms with Crippen molar-refractivity contribution in [2.45, 2.75) is 38.6 Å². The molecule has 5 aromatic rings. The number of esters is 2. The molecule has 5 rings (SSSR count). The second kappa shape index (κ2) is 13.9. The normalized spacial score (nSPS) is 13.4. The zero-order chi connectivity index (χ0) is 32.6. The lowest BCUT2D eigenvalue weighted by atomic mass is 10.1. The van der Waals surface area contributed by atoms with Crippen molar-refractivity contribution in [2.24, 2.45) is 0 Å². The van der Waals surface area contributed by atoms with Gasteiger partial charge in [-0.2, -0.15) is 0 Å². The Hall–Kier alpha value is -5.76. The molecule has 5 aromatic carbocycles. The molecule has 0 saturated heterocycles. The smallest absolute Gasteiger partial charge is 0.419 e. The van der Waals surface area contributed by atoms with Gasteiger partial charge in [0.2, 0.25) is 0 Å². The third-order valence-corrected chi connectivity index (χ3v) is 7.09. The van der Waals surface area contributed by atoms with Crippen LogP contribution in [0.3, 0.4) is 0 Å². The summed E-state index contributed by atoms with van der Waals surface area (Å²) in [5.41, 5.74) is 0. The van der Waals surface area contributed by atoms with Gasteiger partial charge in [0.05, 0.1) is 12.8 Å². The van der Waals surface area contributed by atoms with Gasteiger partial charge < -0.3 is 28.4 Å². The van der Waals surface area contributed by atoms with Crippen molar-refractivity contribution < 1.29 is 38.0 Å². The average Bonchev–Trinajstić information content (AvgIpc) is 3.08. The van der Waals surface area contributed by atoms with E-state index in [9.17, 15) is 9.59 Å². The Bertz CT molecular complexity index is 1740. The number of hydrogen-bond donors (Lipinski definition) is 0. The van der Waals surface area contributed by atoms with Crippen LogP contribution in [0.15, 0.2) is 135 Å². The number of carbonyl (C=O) groups is 2. The van der Waals surface area contributed by atoms with Gasteiger partial charge in [0.25, 0.3) is 0 Å². The molecule has 0 radical (unpaired) electrons. The fourth-order valence-electron chi connectivity index (χ4n) is 4.81. The van der Waals surface area contributed by atoms with E-state index < -0.39 is 23.9 Å². The van der Waals surface area contributed by atoms with Crippen LogP contribution in [0.2, 0.25) is 0 Å². The first kappa shape index (κ1) is 31.7. The molecule has 0 heterocycles. The summed E-state index contributed by atoms with van der Waals surface area (Å²) < 4.78 is 36.6. The predicted octanol–water partition coefficient (Wildman–Crippen LogP) is 8.49. The minimum atomic E-state index is -1.87. The fourth-order valence-corrected chi connectivity index (χ4v) is 4.81. The largest absolute Gasteiger partial charge is 0.420 e. The summed E-state index contributed by atoms with van der Waals surface area (Å²) in [6, 6.07) is 33.0. The van der Waals surface area contributed by atoms with Crippen LogP contribution in [0.1, 0.15) is 26.7 Å². The minimum absolute atomic E-state index is 0.112. The van der Waals surface area contributed by atoms with Crippen LogP contribution in [-0.2, 0) is 19.1 Å². The number of hydrogen-bond acceptors (Lipinski definition) is 8. The van der Waals surface area contributed by atoms with Gasteiger partial charge in [-0.15, -0.1) is 0 Å². The van der Waals surface area contributed by atoms with Crippen LogP contribution in [0.25, 0.3) is 21.5 Å². The SMILES string of the molecule is C=CC(=O)OC(CC)(Oc1cccc(OC(CC)(OC(=O)C=C)Oc2cccc3ccccc23)c1)Oc1cccc2ccccc12. The Morgan fingerprint density at radius 3 is 1.37 bits per heavy atom. The Labute approximate surface area is 267 Å². The molecule has 0 N–H and O–H groups in total. The van der Waals surface area contributed by atoms with Crippen molar-refractivity contribution in [3.05, 3.63) is 135 Å². The molecule has 0 aliphatic rings. The van der Waals surface area contributed by atoms with Crippen molar-refractivity contribution in [1.29, 1.82) is 0 Å². The number of rotatable bonds is 14. The highest BCUT2D eigenvalue weighted by Crippen LogP contribution is 2.36. The number of ether oxygens (including phenoxy) is 6. The van der Waals surface area contributed by atoms with Gasteiger partial charge in [-0.25, -0.2) is 9.59 Å². The fraction of sp³-hybridized carbons (Fsp3) is 0.158. The lowest BCUT2D eigenvalue weighted by Gasteiger charge is -2.33. The topological polar surface area (TPSA) is 89.5 Å². The van der Waals surface area contributed by atoms with E-state index in [4.69, 9.17) is 28.4 Å². The first-order valence-corrected chi connectivity index (χ1v) is 14.8. The molecule has 0 spiro atoms. The maximum atomic E-state index is 12.5. The molecule has 0 amide bonds. The van der Waals surface area contributed by atoms with Gasteiger partial charge in [0.1, 0.15) is 23.0 Å². The van der Waals surface area contributed by atoms with Crippen LogP contribution in [0.5, 0.6) is 23.0 Å². The van der Waals surface area contributed by atoms with E-state index in [0.717, 1.165) is 33.7 Å². The van der Waals surface area contributed by atoms with E-state index >= 15 is 0 Å². The van der Waals surface area contributed by atoms with Crippen molar-refractivity contribution in [3.63, 3.8) is 0 Å². The van der Waals surface area contributed by atoms with Gasteiger partial charge >= 0.3 is 23.9 Å². The number of fused-ring (bicyclic) bond motifs is 2. The molecule has 234 valence electrons. The molecule has 8 heteroatoms. The molecule has 0 aliphatic heterocycles. The highest BCUT2D eigenvalue weighted by atomic mass is 16.9. The summed E-state index contributed by atoms with van der Waals surface area (Å²) in [6.45, 7) is 10.6. The predicted molar refractivity (Wildman–Crippen MR) is 175 cm³/mol. The maximum absolute atomic E-state index is 12.5. The summed E-state index contributed by atoms with van der Waals surface area (Å²) in [5, 5.41) is 3.49. The minimum Gasteiger partial charge on any atom is -0.420 e. The second-order valence-corrected chi connectivity index (χ2v) is 10.2. The van der Waals surface area contributed by atoms with E-state index in [1.807, 2.05) is 72.8 Å². The first-order chi connectivity index (χ1) is 22.3. The van der Waals surface area contributed by atoms with E-state index in [2.05, 4.69) is 13.2 Å². The molecule has 2 unspecified atom stereocenters. The molecule has 0 saturated carbocycles. The highest BCUT2D eigenvalue weighted by molar-refractivity contribution is 5.89. The van der Waals surface area contributed by atoms with E-state index in [1.54, 1.807) is 50.2 Å². The molecular weight excluding hydrogens is 584 g/mol. The molecular formula is C38H34O8. The lowest BCUT2D eigenvalue weighted by Crippen LogP contribution is -2.46. The van der Waals surface area contributed by atoms with Gasteiger partial charge in [-0.05, 0) is 35.0 Å². The molecule has 8 nitrogen and oxygen atoms in total. The van der Waals surface area contributed by atoms with Crippen LogP contribution in [-0.4, -0.2) is 23.9 Å². The van der Waals surface area contributed by atoms with Crippen LogP contribution in [0.4, 0.5) is 0 Å². The quantitative estimate of drug-likeness (QED) is 0.0695. The average molecular weight is 619 g/mol. The van der Waals surface area contributed by atoms with Crippen molar-refractivity contribution in [3.8, 4) is 23.0 Å². The summed E-state index contributed by atoms with van der Waals surface area (Å²) in [5.74, 6) is -3.83. The Balaban J connectivity index is 1.49. The van der Waals surface area contributed by atoms with Gasteiger partial charge in [-0.3, -0.25) is 0 Å². The molecule has 46 heavy (non-hydrogen) atoms. The molecule has 0 fully saturated rings. The van der Waals surface area contributed by atoms with Gasteiger partial charge in [0, 0.05) is 29.0 Å². The second-order valence-electron chi connectivity index (χ2n) is 10.2. The van der Waals surface area contributed by atoms with Crippen molar-refractivity contribution in [1.82, 2.24) is 0 Å². The Morgan fingerprint density at radius 1 is 0.565 bits per heavy atom. The molecule has 2 atom stereocenters. The summed E-state index contributed by atoms with van der Waals surface area (Å²) >= 11 is 0. The summed E-state index contributed by atoms with van der Waals surface area (Å²) in [4.78, 5) is 25.0.